The summed E-state index contributed by atoms with van der Waals surface area (Å²) in [5.74, 6) is 0.123. The molecule has 31 heavy (non-hydrogen) atoms. The molecule has 1 aromatic heterocycles. The summed E-state index contributed by atoms with van der Waals surface area (Å²) in [7, 11) is 0. The van der Waals surface area contributed by atoms with Gasteiger partial charge in [0.05, 0.1) is 16.2 Å². The summed E-state index contributed by atoms with van der Waals surface area (Å²) in [4.78, 5) is 13.0. The van der Waals surface area contributed by atoms with E-state index < -0.39 is 17.9 Å². The van der Waals surface area contributed by atoms with Crippen LogP contribution in [0.25, 0.3) is 0 Å². The molecule has 0 saturated heterocycles. The maximum Gasteiger partial charge on any atom is 0.436 e. The van der Waals surface area contributed by atoms with E-state index in [1.54, 1.807) is 6.92 Å². The van der Waals surface area contributed by atoms with Gasteiger partial charge < -0.3 is 5.32 Å². The molecule has 0 bridgehead atoms. The zero-order valence-corrected chi connectivity index (χ0v) is 19.8. The molecule has 1 amide bonds. The van der Waals surface area contributed by atoms with E-state index in [-0.39, 0.29) is 22.3 Å². The molecule has 4 nitrogen and oxygen atoms in total. The number of carbonyl (C=O) groups excluding carboxylic acids is 1. The molecule has 1 aromatic carbocycles. The van der Waals surface area contributed by atoms with Gasteiger partial charge in [-0.1, -0.05) is 45.0 Å². The molecule has 1 aliphatic carbocycles. The minimum absolute atomic E-state index is 0.00305. The minimum Gasteiger partial charge on any atom is -0.347 e. The molecule has 0 spiro atoms. The minimum atomic E-state index is -4.58. The number of halogens is 4. The molecule has 170 valence electrons. The van der Waals surface area contributed by atoms with Gasteiger partial charge in [0.15, 0.2) is 5.69 Å². The van der Waals surface area contributed by atoms with Crippen molar-refractivity contribution in [2.75, 3.05) is 0 Å². The average Bonchev–Trinajstić information content (AvgIpc) is 3.51. The van der Waals surface area contributed by atoms with Crippen molar-refractivity contribution in [1.29, 1.82) is 0 Å². The summed E-state index contributed by atoms with van der Waals surface area (Å²) in [6.07, 6.45) is -1.25. The van der Waals surface area contributed by atoms with E-state index in [9.17, 15) is 18.0 Å². The Labute approximate surface area is 189 Å². The lowest BCUT2D eigenvalue weighted by molar-refractivity contribution is -0.142. The monoisotopic (exact) mass is 499 g/mol. The van der Waals surface area contributed by atoms with Crippen LogP contribution in [0.3, 0.4) is 0 Å². The maximum atomic E-state index is 13.4. The number of nitrogens with zero attached hydrogens (tertiary/aromatic N) is 2. The lowest BCUT2D eigenvalue weighted by atomic mass is 9.95. The van der Waals surface area contributed by atoms with Crippen LogP contribution in [0.2, 0.25) is 0 Å². The highest BCUT2D eigenvalue weighted by Gasteiger charge is 2.43. The number of aromatic nitrogens is 2. The Balaban J connectivity index is 1.81. The first-order valence-corrected chi connectivity index (χ1v) is 11.6. The summed E-state index contributed by atoms with van der Waals surface area (Å²) in [5.41, 5.74) is 1.72. The summed E-state index contributed by atoms with van der Waals surface area (Å²) < 4.78 is 41.4. The zero-order chi connectivity index (χ0) is 22.9. The van der Waals surface area contributed by atoms with Crippen LogP contribution in [-0.4, -0.2) is 15.7 Å². The largest absolute Gasteiger partial charge is 0.436 e. The molecule has 1 aliphatic rings. The van der Waals surface area contributed by atoms with E-state index in [1.165, 1.54) is 10.2 Å². The molecular formula is C23H29BrF3N3O. The second-order valence-corrected chi connectivity index (χ2v) is 9.18. The van der Waals surface area contributed by atoms with Gasteiger partial charge in [0.25, 0.3) is 0 Å². The lowest BCUT2D eigenvalue weighted by Crippen LogP contribution is -2.35. The molecule has 3 unspecified atom stereocenters. The van der Waals surface area contributed by atoms with Gasteiger partial charge in [-0.05, 0) is 65.6 Å². The van der Waals surface area contributed by atoms with Crippen LogP contribution in [0.4, 0.5) is 13.2 Å². The molecule has 3 rings (SSSR count). The number of benzene rings is 1. The van der Waals surface area contributed by atoms with Crippen molar-refractivity contribution < 1.29 is 18.0 Å². The van der Waals surface area contributed by atoms with Crippen LogP contribution in [0, 0.1) is 0 Å². The van der Waals surface area contributed by atoms with E-state index in [0.717, 1.165) is 24.8 Å². The fourth-order valence-electron chi connectivity index (χ4n) is 3.74. The summed E-state index contributed by atoms with van der Waals surface area (Å²) >= 11 is 3.09. The number of nitrogens with one attached hydrogen (secondary N) is 1. The first-order chi connectivity index (χ1) is 14.6. The third-order valence-electron chi connectivity index (χ3n) is 6.11. The second kappa shape index (κ2) is 9.35. The van der Waals surface area contributed by atoms with Crippen molar-refractivity contribution >= 4 is 21.8 Å². The summed E-state index contributed by atoms with van der Waals surface area (Å²) in [6.45, 7) is 7.88. The van der Waals surface area contributed by atoms with E-state index in [2.05, 4.69) is 52.3 Å². The number of carbonyl (C=O) groups is 1. The molecule has 0 aliphatic heterocycles. The van der Waals surface area contributed by atoms with E-state index >= 15 is 0 Å². The van der Waals surface area contributed by atoms with Crippen LogP contribution in [0.5, 0.6) is 0 Å². The Morgan fingerprint density at radius 1 is 1.16 bits per heavy atom. The van der Waals surface area contributed by atoms with Gasteiger partial charge >= 0.3 is 6.18 Å². The van der Waals surface area contributed by atoms with Crippen LogP contribution >= 0.6 is 15.9 Å². The molecule has 1 fully saturated rings. The first-order valence-electron chi connectivity index (χ1n) is 10.8. The van der Waals surface area contributed by atoms with Gasteiger partial charge in [-0.15, -0.1) is 0 Å². The van der Waals surface area contributed by atoms with Crippen LogP contribution in [0.1, 0.15) is 99.8 Å². The first kappa shape index (κ1) is 23.8. The number of rotatable bonds is 8. The SMILES string of the molecule is CCC(C)c1ccc(C(CC)NC(=O)C(C)n2nc(C(F)(F)F)c(Br)c2C2CC2)cc1. The number of hydrogen-bond acceptors (Lipinski definition) is 2. The van der Waals surface area contributed by atoms with Crippen LogP contribution < -0.4 is 5.32 Å². The molecule has 3 atom stereocenters. The predicted molar refractivity (Wildman–Crippen MR) is 118 cm³/mol. The standard InChI is InChI=1S/C23H29BrF3N3O/c1-5-13(3)15-7-9-16(10-8-15)18(6-2)28-22(31)14(4)30-20(17-11-12-17)19(24)21(29-30)23(25,26)27/h7-10,13-14,17-18H,5-6,11-12H2,1-4H3,(H,28,31). The van der Waals surface area contributed by atoms with Crippen LogP contribution in [-0.2, 0) is 11.0 Å². The van der Waals surface area contributed by atoms with E-state index in [0.29, 0.717) is 18.0 Å². The molecule has 1 saturated carbocycles. The fraction of sp³-hybridized carbons (Fsp3) is 0.565. The summed E-state index contributed by atoms with van der Waals surface area (Å²) in [6, 6.07) is 7.12. The predicted octanol–water partition coefficient (Wildman–Crippen LogP) is 6.88. The molecule has 1 heterocycles. The Morgan fingerprint density at radius 2 is 1.74 bits per heavy atom. The van der Waals surface area contributed by atoms with Crippen molar-refractivity contribution in [2.24, 2.45) is 0 Å². The fourth-order valence-corrected chi connectivity index (χ4v) is 4.55. The third kappa shape index (κ3) is 5.16. The molecule has 0 radical (unpaired) electrons. The smallest absolute Gasteiger partial charge is 0.347 e. The lowest BCUT2D eigenvalue weighted by Gasteiger charge is -2.22. The normalized spacial score (nSPS) is 17.3. The van der Waals surface area contributed by atoms with Crippen molar-refractivity contribution in [3.63, 3.8) is 0 Å². The Kier molecular flexibility index (Phi) is 7.18. The Hall–Kier alpha value is -1.83. The zero-order valence-electron chi connectivity index (χ0n) is 18.3. The average molecular weight is 500 g/mol. The molecule has 1 N–H and O–H groups in total. The van der Waals surface area contributed by atoms with Crippen LogP contribution in [0.15, 0.2) is 28.7 Å². The van der Waals surface area contributed by atoms with Crippen molar-refractivity contribution in [3.05, 3.63) is 51.3 Å². The van der Waals surface area contributed by atoms with Gasteiger partial charge in [0.1, 0.15) is 6.04 Å². The molecule has 2 aromatic rings. The van der Waals surface area contributed by atoms with Crippen molar-refractivity contribution in [1.82, 2.24) is 15.1 Å². The quantitative estimate of drug-likeness (QED) is 0.430. The van der Waals surface area contributed by atoms with Crippen molar-refractivity contribution in [3.8, 4) is 0 Å². The Morgan fingerprint density at radius 3 is 2.23 bits per heavy atom. The third-order valence-corrected chi connectivity index (χ3v) is 6.89. The highest BCUT2D eigenvalue weighted by atomic mass is 79.9. The number of amides is 1. The number of hydrogen-bond donors (Lipinski definition) is 1. The highest BCUT2D eigenvalue weighted by molar-refractivity contribution is 9.10. The van der Waals surface area contributed by atoms with Gasteiger partial charge in [-0.3, -0.25) is 9.48 Å². The maximum absolute atomic E-state index is 13.4. The number of alkyl halides is 3. The van der Waals surface area contributed by atoms with Gasteiger partial charge in [0, 0.05) is 5.92 Å². The highest BCUT2D eigenvalue weighted by Crippen LogP contribution is 2.47. The molecule has 8 heteroatoms. The van der Waals surface area contributed by atoms with E-state index in [4.69, 9.17) is 0 Å². The summed E-state index contributed by atoms with van der Waals surface area (Å²) in [5, 5.41) is 6.80. The molecular weight excluding hydrogens is 471 g/mol. The van der Waals surface area contributed by atoms with Gasteiger partial charge in [-0.2, -0.15) is 18.3 Å². The van der Waals surface area contributed by atoms with Crippen molar-refractivity contribution in [2.45, 2.75) is 83.5 Å². The van der Waals surface area contributed by atoms with Gasteiger partial charge in [-0.25, -0.2) is 0 Å². The second-order valence-electron chi connectivity index (χ2n) is 8.39. The van der Waals surface area contributed by atoms with E-state index in [1.807, 2.05) is 19.1 Å². The van der Waals surface area contributed by atoms with Gasteiger partial charge in [0.2, 0.25) is 5.91 Å². The topological polar surface area (TPSA) is 46.9 Å². The Bertz CT molecular complexity index is 919.